The molecular weight excluding hydrogens is 278 g/mol. The molecule has 1 aromatic rings. The van der Waals surface area contributed by atoms with E-state index in [4.69, 9.17) is 5.26 Å². The predicted molar refractivity (Wildman–Crippen MR) is 80.6 cm³/mol. The van der Waals surface area contributed by atoms with E-state index in [0.717, 1.165) is 19.3 Å². The summed E-state index contributed by atoms with van der Waals surface area (Å²) in [7, 11) is 0. The topological polar surface area (TPSA) is 73.2 Å². The van der Waals surface area contributed by atoms with E-state index in [0.29, 0.717) is 17.5 Å². The Morgan fingerprint density at radius 2 is 2.14 bits per heavy atom. The summed E-state index contributed by atoms with van der Waals surface area (Å²) in [5.41, 5.74) is 0.464. The van der Waals surface area contributed by atoms with E-state index in [1.807, 2.05) is 13.0 Å². The van der Waals surface area contributed by atoms with E-state index < -0.39 is 5.54 Å². The van der Waals surface area contributed by atoms with Gasteiger partial charge in [-0.1, -0.05) is 38.0 Å². The van der Waals surface area contributed by atoms with Crippen molar-refractivity contribution < 1.29 is 9.59 Å². The first-order valence-corrected chi connectivity index (χ1v) is 7.70. The van der Waals surface area contributed by atoms with Crippen molar-refractivity contribution in [2.75, 3.05) is 0 Å². The molecule has 1 aliphatic heterocycles. The highest BCUT2D eigenvalue weighted by molar-refractivity contribution is 6.07. The summed E-state index contributed by atoms with van der Waals surface area (Å²) in [6.07, 6.45) is 3.71. The number of imide groups is 1. The van der Waals surface area contributed by atoms with Gasteiger partial charge in [-0.2, -0.15) is 5.26 Å². The zero-order valence-corrected chi connectivity index (χ0v) is 12.6. The normalized spacial score (nSPS) is 27.8. The van der Waals surface area contributed by atoms with Crippen LogP contribution in [0.3, 0.4) is 0 Å². The molecular formula is C17H19N3O2. The number of carbonyl (C=O) groups excluding carboxylic acids is 2. The molecule has 2 atom stereocenters. The molecule has 1 aliphatic carbocycles. The summed E-state index contributed by atoms with van der Waals surface area (Å²) in [5.74, 6) is 0.00588. The molecule has 3 rings (SSSR count). The molecule has 2 fully saturated rings. The molecule has 1 saturated heterocycles. The lowest BCUT2D eigenvalue weighted by Gasteiger charge is -2.36. The summed E-state index contributed by atoms with van der Waals surface area (Å²) in [6.45, 7) is 2.19. The quantitative estimate of drug-likeness (QED) is 0.853. The highest BCUT2D eigenvalue weighted by Gasteiger charge is 2.54. The highest BCUT2D eigenvalue weighted by Crippen LogP contribution is 2.38. The maximum atomic E-state index is 12.9. The average Bonchev–Trinajstić information content (AvgIpc) is 2.76. The van der Waals surface area contributed by atoms with Crippen LogP contribution in [0.25, 0.3) is 0 Å². The molecule has 2 aliphatic rings. The number of rotatable bonds is 2. The van der Waals surface area contributed by atoms with Crippen LogP contribution in [-0.2, 0) is 11.3 Å². The molecule has 1 aromatic carbocycles. The van der Waals surface area contributed by atoms with Crippen LogP contribution in [0.1, 0.15) is 43.7 Å². The SMILES string of the molecule is C[C@H]1CCCC[C@@]12NC(=O)N(Cc1ccccc1C#N)C2=O. The van der Waals surface area contributed by atoms with Crippen LogP contribution in [0.4, 0.5) is 4.79 Å². The molecule has 3 amide bonds. The standard InChI is InChI=1S/C17H19N3O2/c1-12-6-4-5-9-17(12)15(21)20(16(22)19-17)11-14-8-3-2-7-13(14)10-18/h2-3,7-8,12H,4-6,9,11H2,1H3,(H,19,22)/t12-,17+/m0/s1. The minimum absolute atomic E-state index is 0.141. The number of carbonyl (C=O) groups is 2. The fourth-order valence-electron chi connectivity index (χ4n) is 3.58. The van der Waals surface area contributed by atoms with Gasteiger partial charge in [0.2, 0.25) is 0 Å². The molecule has 0 radical (unpaired) electrons. The van der Waals surface area contributed by atoms with Crippen LogP contribution in [0.15, 0.2) is 24.3 Å². The first kappa shape index (κ1) is 14.6. The molecule has 1 N–H and O–H groups in total. The first-order chi connectivity index (χ1) is 10.6. The number of urea groups is 1. The Kier molecular flexibility index (Phi) is 3.61. The average molecular weight is 297 g/mol. The number of hydrogen-bond donors (Lipinski definition) is 1. The zero-order chi connectivity index (χ0) is 15.7. The summed E-state index contributed by atoms with van der Waals surface area (Å²) < 4.78 is 0. The Hall–Kier alpha value is -2.35. The second kappa shape index (κ2) is 5.45. The molecule has 5 heteroatoms. The van der Waals surface area contributed by atoms with Gasteiger partial charge in [-0.3, -0.25) is 9.69 Å². The van der Waals surface area contributed by atoms with Gasteiger partial charge in [-0.25, -0.2) is 4.79 Å². The van der Waals surface area contributed by atoms with Gasteiger partial charge in [-0.15, -0.1) is 0 Å². The molecule has 0 aromatic heterocycles. The fourth-order valence-corrected chi connectivity index (χ4v) is 3.58. The van der Waals surface area contributed by atoms with E-state index in [1.54, 1.807) is 18.2 Å². The van der Waals surface area contributed by atoms with Crippen LogP contribution >= 0.6 is 0 Å². The Morgan fingerprint density at radius 1 is 1.36 bits per heavy atom. The van der Waals surface area contributed by atoms with Crippen molar-refractivity contribution in [1.82, 2.24) is 10.2 Å². The van der Waals surface area contributed by atoms with Gasteiger partial charge in [0.15, 0.2) is 0 Å². The van der Waals surface area contributed by atoms with Crippen molar-refractivity contribution in [2.45, 2.75) is 44.7 Å². The smallest absolute Gasteiger partial charge is 0.323 e. The molecule has 114 valence electrons. The second-order valence-electron chi connectivity index (χ2n) is 6.21. The summed E-state index contributed by atoms with van der Waals surface area (Å²) in [4.78, 5) is 26.4. The Bertz CT molecular complexity index is 664. The molecule has 0 unspecified atom stereocenters. The predicted octanol–water partition coefficient (Wildman–Crippen LogP) is 2.56. The van der Waals surface area contributed by atoms with Crippen LogP contribution in [-0.4, -0.2) is 22.4 Å². The molecule has 0 bridgehead atoms. The van der Waals surface area contributed by atoms with Gasteiger partial charge >= 0.3 is 6.03 Å². The molecule has 22 heavy (non-hydrogen) atoms. The van der Waals surface area contributed by atoms with E-state index in [-0.39, 0.29) is 24.4 Å². The molecule has 5 nitrogen and oxygen atoms in total. The third-order valence-corrected chi connectivity index (χ3v) is 4.97. The van der Waals surface area contributed by atoms with Crippen molar-refractivity contribution in [1.29, 1.82) is 5.26 Å². The number of benzene rings is 1. The highest BCUT2D eigenvalue weighted by atomic mass is 16.2. The number of nitriles is 1. The van der Waals surface area contributed by atoms with E-state index >= 15 is 0 Å². The maximum Gasteiger partial charge on any atom is 0.325 e. The monoisotopic (exact) mass is 297 g/mol. The molecule has 1 spiro atoms. The zero-order valence-electron chi connectivity index (χ0n) is 12.6. The van der Waals surface area contributed by atoms with Crippen molar-refractivity contribution in [3.63, 3.8) is 0 Å². The lowest BCUT2D eigenvalue weighted by molar-refractivity contribution is -0.134. The van der Waals surface area contributed by atoms with Crippen LogP contribution in [0.5, 0.6) is 0 Å². The third kappa shape index (κ3) is 2.16. The lowest BCUT2D eigenvalue weighted by Crippen LogP contribution is -2.53. The minimum atomic E-state index is -0.739. The Labute approximate surface area is 129 Å². The van der Waals surface area contributed by atoms with Gasteiger partial charge in [0.25, 0.3) is 5.91 Å². The molecule has 1 saturated carbocycles. The Balaban J connectivity index is 1.88. The van der Waals surface area contributed by atoms with Crippen molar-refractivity contribution in [3.05, 3.63) is 35.4 Å². The van der Waals surface area contributed by atoms with Crippen LogP contribution < -0.4 is 5.32 Å². The third-order valence-electron chi connectivity index (χ3n) is 4.97. The summed E-state index contributed by atoms with van der Waals surface area (Å²) in [5, 5.41) is 12.1. The van der Waals surface area contributed by atoms with Gasteiger partial charge in [-0.05, 0) is 30.4 Å². The lowest BCUT2D eigenvalue weighted by atomic mass is 9.73. The number of nitrogens with zero attached hydrogens (tertiary/aromatic N) is 2. The Morgan fingerprint density at radius 3 is 2.86 bits per heavy atom. The van der Waals surface area contributed by atoms with Crippen LogP contribution in [0.2, 0.25) is 0 Å². The van der Waals surface area contributed by atoms with Crippen molar-refractivity contribution in [3.8, 4) is 6.07 Å². The van der Waals surface area contributed by atoms with Crippen molar-refractivity contribution in [2.24, 2.45) is 5.92 Å². The van der Waals surface area contributed by atoms with Gasteiger partial charge in [0, 0.05) is 0 Å². The number of amides is 3. The summed E-state index contributed by atoms with van der Waals surface area (Å²) >= 11 is 0. The number of hydrogen-bond acceptors (Lipinski definition) is 3. The minimum Gasteiger partial charge on any atom is -0.323 e. The van der Waals surface area contributed by atoms with Gasteiger partial charge in [0.05, 0.1) is 18.2 Å². The number of nitrogens with one attached hydrogen (secondary N) is 1. The first-order valence-electron chi connectivity index (χ1n) is 7.70. The second-order valence-corrected chi connectivity index (χ2v) is 6.21. The van der Waals surface area contributed by atoms with E-state index in [2.05, 4.69) is 11.4 Å². The van der Waals surface area contributed by atoms with E-state index in [1.165, 1.54) is 4.90 Å². The van der Waals surface area contributed by atoms with Gasteiger partial charge < -0.3 is 5.32 Å². The van der Waals surface area contributed by atoms with Crippen LogP contribution in [0, 0.1) is 17.2 Å². The summed E-state index contributed by atoms with van der Waals surface area (Å²) in [6, 6.07) is 8.84. The largest absolute Gasteiger partial charge is 0.325 e. The maximum absolute atomic E-state index is 12.9. The van der Waals surface area contributed by atoms with Gasteiger partial charge in [0.1, 0.15) is 5.54 Å². The van der Waals surface area contributed by atoms with Crippen molar-refractivity contribution >= 4 is 11.9 Å². The van der Waals surface area contributed by atoms with E-state index in [9.17, 15) is 9.59 Å². The fraction of sp³-hybridized carbons (Fsp3) is 0.471. The molecule has 1 heterocycles.